The van der Waals surface area contributed by atoms with Crippen molar-refractivity contribution in [3.05, 3.63) is 17.0 Å². The predicted octanol–water partition coefficient (Wildman–Crippen LogP) is 2.08. The van der Waals surface area contributed by atoms with Crippen LogP contribution in [-0.4, -0.2) is 28.9 Å². The van der Waals surface area contributed by atoms with E-state index in [4.69, 9.17) is 5.11 Å². The third-order valence-electron chi connectivity index (χ3n) is 3.21. The van der Waals surface area contributed by atoms with Crippen molar-refractivity contribution >= 4 is 34.1 Å². The molecule has 0 unspecified atom stereocenters. The van der Waals surface area contributed by atoms with Crippen LogP contribution in [0.5, 0.6) is 0 Å². The van der Waals surface area contributed by atoms with E-state index in [2.05, 4.69) is 10.6 Å². The van der Waals surface area contributed by atoms with Crippen molar-refractivity contribution in [3.8, 4) is 0 Å². The lowest BCUT2D eigenvalue weighted by Gasteiger charge is -2.12. The van der Waals surface area contributed by atoms with Gasteiger partial charge in [0.25, 0.3) is 5.91 Å². The van der Waals surface area contributed by atoms with Crippen molar-refractivity contribution in [2.75, 3.05) is 5.32 Å². The Labute approximate surface area is 126 Å². The van der Waals surface area contributed by atoms with Crippen LogP contribution >= 0.6 is 11.3 Å². The lowest BCUT2D eigenvalue weighted by atomic mass is 10.1. The molecule has 1 saturated carbocycles. The van der Waals surface area contributed by atoms with E-state index < -0.39 is 17.9 Å². The van der Waals surface area contributed by atoms with Gasteiger partial charge in [-0.2, -0.15) is 0 Å². The average molecular weight is 310 g/mol. The Morgan fingerprint density at radius 3 is 2.67 bits per heavy atom. The average Bonchev–Trinajstić information content (AvgIpc) is 3.18. The van der Waals surface area contributed by atoms with Gasteiger partial charge in [-0.05, 0) is 31.4 Å². The van der Waals surface area contributed by atoms with Gasteiger partial charge in [-0.25, -0.2) is 4.79 Å². The molecule has 0 aromatic carbocycles. The van der Waals surface area contributed by atoms with Crippen LogP contribution in [0.15, 0.2) is 12.1 Å². The molecule has 0 aliphatic heterocycles. The van der Waals surface area contributed by atoms with Crippen LogP contribution in [0.1, 0.15) is 42.3 Å². The van der Waals surface area contributed by atoms with Crippen molar-refractivity contribution in [3.63, 3.8) is 0 Å². The highest BCUT2D eigenvalue weighted by Crippen LogP contribution is 2.31. The standard InChI is InChI=1S/C14H18N2O4S/c1-2-3-9(14(19)20)15-13(18)10-6-7-11(21-10)16-12(17)8-4-5-8/h6-9H,2-5H2,1H3,(H,15,18)(H,16,17)(H,19,20)/t9-/m0/s1. The number of carboxylic acid groups (broad SMARTS) is 1. The highest BCUT2D eigenvalue weighted by Gasteiger charge is 2.30. The first kappa shape index (κ1) is 15.5. The summed E-state index contributed by atoms with van der Waals surface area (Å²) in [6.07, 6.45) is 2.89. The first-order chi connectivity index (χ1) is 10.0. The molecule has 0 bridgehead atoms. The predicted molar refractivity (Wildman–Crippen MR) is 79.5 cm³/mol. The van der Waals surface area contributed by atoms with Gasteiger partial charge in [0.05, 0.1) is 9.88 Å². The number of carbonyl (C=O) groups excluding carboxylic acids is 2. The minimum Gasteiger partial charge on any atom is -0.480 e. The zero-order chi connectivity index (χ0) is 15.4. The maximum absolute atomic E-state index is 12.0. The Bertz CT molecular complexity index is 551. The van der Waals surface area contributed by atoms with Crippen LogP contribution < -0.4 is 10.6 Å². The zero-order valence-corrected chi connectivity index (χ0v) is 12.5. The highest BCUT2D eigenvalue weighted by molar-refractivity contribution is 7.18. The molecule has 7 heteroatoms. The summed E-state index contributed by atoms with van der Waals surface area (Å²) in [6, 6.07) is 2.37. The van der Waals surface area contributed by atoms with E-state index in [0.29, 0.717) is 22.7 Å². The number of rotatable bonds is 7. The number of hydrogen-bond donors (Lipinski definition) is 3. The zero-order valence-electron chi connectivity index (χ0n) is 11.7. The first-order valence-corrected chi connectivity index (χ1v) is 7.77. The molecule has 114 valence electrons. The summed E-state index contributed by atoms with van der Waals surface area (Å²) >= 11 is 1.15. The number of nitrogens with one attached hydrogen (secondary N) is 2. The number of anilines is 1. The van der Waals surface area contributed by atoms with Crippen molar-refractivity contribution in [1.82, 2.24) is 5.32 Å². The van der Waals surface area contributed by atoms with Gasteiger partial charge in [0.2, 0.25) is 5.91 Å². The van der Waals surface area contributed by atoms with Crippen LogP contribution in [0.25, 0.3) is 0 Å². The largest absolute Gasteiger partial charge is 0.480 e. The van der Waals surface area contributed by atoms with Crippen molar-refractivity contribution in [2.45, 2.75) is 38.6 Å². The van der Waals surface area contributed by atoms with Gasteiger partial charge in [0.15, 0.2) is 0 Å². The van der Waals surface area contributed by atoms with E-state index in [0.717, 1.165) is 24.2 Å². The third-order valence-corrected chi connectivity index (χ3v) is 4.20. The minimum absolute atomic E-state index is 0.0156. The SMILES string of the molecule is CCC[C@H](NC(=O)c1ccc(NC(=O)C2CC2)s1)C(=O)O. The Morgan fingerprint density at radius 2 is 2.10 bits per heavy atom. The highest BCUT2D eigenvalue weighted by atomic mass is 32.1. The fourth-order valence-electron chi connectivity index (χ4n) is 1.87. The van der Waals surface area contributed by atoms with E-state index >= 15 is 0 Å². The van der Waals surface area contributed by atoms with Crippen LogP contribution in [0.3, 0.4) is 0 Å². The molecule has 0 saturated heterocycles. The number of thiophene rings is 1. The molecule has 1 aromatic heterocycles. The maximum Gasteiger partial charge on any atom is 0.326 e. The first-order valence-electron chi connectivity index (χ1n) is 6.95. The number of carboxylic acids is 1. The van der Waals surface area contributed by atoms with Crippen LogP contribution in [0.4, 0.5) is 5.00 Å². The van der Waals surface area contributed by atoms with Gasteiger partial charge < -0.3 is 15.7 Å². The van der Waals surface area contributed by atoms with Crippen LogP contribution in [0, 0.1) is 5.92 Å². The lowest BCUT2D eigenvalue weighted by molar-refractivity contribution is -0.139. The van der Waals surface area contributed by atoms with E-state index in [1.807, 2.05) is 6.92 Å². The fraction of sp³-hybridized carbons (Fsp3) is 0.500. The molecule has 1 heterocycles. The Hall–Kier alpha value is -1.89. The molecule has 1 atom stereocenters. The summed E-state index contributed by atoms with van der Waals surface area (Å²) in [5.41, 5.74) is 0. The fourth-order valence-corrected chi connectivity index (χ4v) is 2.68. The van der Waals surface area contributed by atoms with Gasteiger partial charge in [0.1, 0.15) is 6.04 Å². The number of carbonyl (C=O) groups is 3. The topological polar surface area (TPSA) is 95.5 Å². The molecule has 1 aliphatic rings. The quantitative estimate of drug-likeness (QED) is 0.718. The second kappa shape index (κ2) is 6.71. The molecule has 0 radical (unpaired) electrons. The lowest BCUT2D eigenvalue weighted by Crippen LogP contribution is -2.40. The summed E-state index contributed by atoms with van der Waals surface area (Å²) in [5.74, 6) is -1.37. The molecule has 1 fully saturated rings. The molecule has 3 N–H and O–H groups in total. The normalized spacial score (nSPS) is 15.3. The van der Waals surface area contributed by atoms with Gasteiger partial charge in [0, 0.05) is 5.92 Å². The second-order valence-electron chi connectivity index (χ2n) is 5.08. The van der Waals surface area contributed by atoms with E-state index in [9.17, 15) is 14.4 Å². The molecule has 2 rings (SSSR count). The smallest absolute Gasteiger partial charge is 0.326 e. The Morgan fingerprint density at radius 1 is 1.38 bits per heavy atom. The van der Waals surface area contributed by atoms with Crippen molar-refractivity contribution in [1.29, 1.82) is 0 Å². The Kier molecular flexibility index (Phi) is 4.95. The van der Waals surface area contributed by atoms with Crippen LogP contribution in [0.2, 0.25) is 0 Å². The molecule has 2 amide bonds. The van der Waals surface area contributed by atoms with Gasteiger partial charge in [-0.1, -0.05) is 13.3 Å². The summed E-state index contributed by atoms with van der Waals surface area (Å²) < 4.78 is 0. The molecule has 0 spiro atoms. The Balaban J connectivity index is 1.94. The summed E-state index contributed by atoms with van der Waals surface area (Å²) in [4.78, 5) is 35.0. The molecule has 21 heavy (non-hydrogen) atoms. The van der Waals surface area contributed by atoms with E-state index in [1.54, 1.807) is 12.1 Å². The molecule has 6 nitrogen and oxygen atoms in total. The minimum atomic E-state index is -1.04. The van der Waals surface area contributed by atoms with Crippen LogP contribution in [-0.2, 0) is 9.59 Å². The van der Waals surface area contributed by atoms with E-state index in [-0.39, 0.29) is 11.8 Å². The van der Waals surface area contributed by atoms with Gasteiger partial charge >= 0.3 is 5.97 Å². The number of amides is 2. The molecule has 1 aromatic rings. The third kappa shape index (κ3) is 4.29. The number of hydrogen-bond acceptors (Lipinski definition) is 4. The van der Waals surface area contributed by atoms with Crippen molar-refractivity contribution < 1.29 is 19.5 Å². The molecular formula is C14H18N2O4S. The second-order valence-corrected chi connectivity index (χ2v) is 6.16. The van der Waals surface area contributed by atoms with Crippen molar-refractivity contribution in [2.24, 2.45) is 5.92 Å². The monoisotopic (exact) mass is 310 g/mol. The summed E-state index contributed by atoms with van der Waals surface area (Å²) in [5, 5.41) is 14.9. The van der Waals surface area contributed by atoms with E-state index in [1.165, 1.54) is 0 Å². The molecular weight excluding hydrogens is 292 g/mol. The van der Waals surface area contributed by atoms with Gasteiger partial charge in [-0.15, -0.1) is 11.3 Å². The summed E-state index contributed by atoms with van der Waals surface area (Å²) in [7, 11) is 0. The number of aliphatic carboxylic acids is 1. The summed E-state index contributed by atoms with van der Waals surface area (Å²) in [6.45, 7) is 1.86. The molecule has 1 aliphatic carbocycles. The maximum atomic E-state index is 12.0. The van der Waals surface area contributed by atoms with Gasteiger partial charge in [-0.3, -0.25) is 9.59 Å².